The smallest absolute Gasteiger partial charge is 0.312 e. The van der Waals surface area contributed by atoms with Crippen molar-refractivity contribution in [1.29, 1.82) is 0 Å². The van der Waals surface area contributed by atoms with Crippen molar-refractivity contribution in [2.75, 3.05) is 0 Å². The van der Waals surface area contributed by atoms with Crippen LogP contribution in [0.3, 0.4) is 0 Å². The number of carboxylic acids is 1. The van der Waals surface area contributed by atoms with Crippen LogP contribution < -0.4 is 0 Å². The second-order valence-electron chi connectivity index (χ2n) is 2.67. The van der Waals surface area contributed by atoms with E-state index < -0.39 is 11.9 Å². The second-order valence-corrected chi connectivity index (χ2v) is 2.67. The quantitative estimate of drug-likeness (QED) is 0.631. The first-order chi connectivity index (χ1) is 5.77. The number of aliphatic carboxylic acids is 1. The number of aliphatic imine (C=N–C) groups is 1. The zero-order valence-electron chi connectivity index (χ0n) is 6.19. The van der Waals surface area contributed by atoms with Crippen molar-refractivity contribution >= 4 is 18.0 Å². The first-order valence-corrected chi connectivity index (χ1v) is 3.56. The largest absolute Gasteiger partial charge is 0.481 e. The molecule has 1 atom stereocenters. The molecular formula is C7H7N3O2. The average molecular weight is 165 g/mol. The Morgan fingerprint density at radius 3 is 3.33 bits per heavy atom. The van der Waals surface area contributed by atoms with E-state index in [1.807, 2.05) is 0 Å². The summed E-state index contributed by atoms with van der Waals surface area (Å²) in [5.74, 6) is -0.673. The Balaban J connectivity index is 2.30. The molecule has 1 aliphatic rings. The predicted molar refractivity (Wildman–Crippen MR) is 41.6 cm³/mol. The minimum absolute atomic E-state index is 0.477. The third-order valence-corrected chi connectivity index (χ3v) is 1.84. The highest BCUT2D eigenvalue weighted by molar-refractivity contribution is 5.91. The van der Waals surface area contributed by atoms with Crippen molar-refractivity contribution in [3.8, 4) is 0 Å². The summed E-state index contributed by atoms with van der Waals surface area (Å²) in [6.07, 6.45) is 3.52. The number of hydrogen-bond donors (Lipinski definition) is 2. The summed E-state index contributed by atoms with van der Waals surface area (Å²) in [6.45, 7) is 0. The molecule has 0 bridgehead atoms. The molecule has 1 aliphatic heterocycles. The standard InChI is InChI=1S/C7H7N3O2/c11-7(12)5-1-4-3-9-10-6(4)8-2-5/h2-3,5H,1H2,(H,9,10)(H,11,12). The van der Waals surface area contributed by atoms with Gasteiger partial charge in [0.05, 0.1) is 12.1 Å². The van der Waals surface area contributed by atoms with Gasteiger partial charge >= 0.3 is 5.97 Å². The van der Waals surface area contributed by atoms with E-state index in [0.717, 1.165) is 5.56 Å². The lowest BCUT2D eigenvalue weighted by Gasteiger charge is -2.09. The van der Waals surface area contributed by atoms with Crippen LogP contribution >= 0.6 is 0 Å². The molecule has 0 saturated carbocycles. The zero-order valence-corrected chi connectivity index (χ0v) is 6.19. The van der Waals surface area contributed by atoms with E-state index in [-0.39, 0.29) is 0 Å². The van der Waals surface area contributed by atoms with Gasteiger partial charge < -0.3 is 5.11 Å². The molecule has 2 rings (SSSR count). The monoisotopic (exact) mass is 165 g/mol. The Bertz CT molecular complexity index is 342. The first-order valence-electron chi connectivity index (χ1n) is 3.56. The number of aromatic nitrogens is 2. The van der Waals surface area contributed by atoms with Crippen molar-refractivity contribution in [2.45, 2.75) is 6.42 Å². The van der Waals surface area contributed by atoms with Gasteiger partial charge in [-0.15, -0.1) is 0 Å². The Kier molecular flexibility index (Phi) is 1.43. The highest BCUT2D eigenvalue weighted by Gasteiger charge is 2.21. The molecule has 0 fully saturated rings. The van der Waals surface area contributed by atoms with Gasteiger partial charge in [0.1, 0.15) is 0 Å². The summed E-state index contributed by atoms with van der Waals surface area (Å²) in [4.78, 5) is 14.5. The van der Waals surface area contributed by atoms with E-state index in [4.69, 9.17) is 5.11 Å². The van der Waals surface area contributed by atoms with Crippen molar-refractivity contribution < 1.29 is 9.90 Å². The maximum absolute atomic E-state index is 10.6. The number of fused-ring (bicyclic) bond motifs is 1. The Morgan fingerprint density at radius 1 is 1.75 bits per heavy atom. The third kappa shape index (κ3) is 0.990. The lowest BCUT2D eigenvalue weighted by Crippen LogP contribution is -2.19. The van der Waals surface area contributed by atoms with Crippen LogP contribution in [0.1, 0.15) is 5.56 Å². The topological polar surface area (TPSA) is 78.3 Å². The Labute approximate surface area is 68.1 Å². The van der Waals surface area contributed by atoms with Crippen LogP contribution in [0.25, 0.3) is 0 Å². The summed E-state index contributed by atoms with van der Waals surface area (Å²) in [6, 6.07) is 0. The SMILES string of the molecule is O=C(O)C1C=Nc2[nH]ncc2C1. The number of nitrogens with one attached hydrogen (secondary N) is 1. The van der Waals surface area contributed by atoms with Crippen LogP contribution in [0.5, 0.6) is 0 Å². The fourth-order valence-corrected chi connectivity index (χ4v) is 1.17. The maximum atomic E-state index is 10.6. The van der Waals surface area contributed by atoms with Crippen LogP contribution in [-0.2, 0) is 11.2 Å². The molecule has 0 radical (unpaired) electrons. The molecule has 5 heteroatoms. The van der Waals surface area contributed by atoms with Gasteiger partial charge in [0.15, 0.2) is 5.82 Å². The summed E-state index contributed by atoms with van der Waals surface area (Å²) in [5.41, 5.74) is 0.866. The Hall–Kier alpha value is -1.65. The molecule has 1 aromatic heterocycles. The molecule has 12 heavy (non-hydrogen) atoms. The molecule has 2 heterocycles. The summed E-state index contributed by atoms with van der Waals surface area (Å²) in [7, 11) is 0. The van der Waals surface area contributed by atoms with Gasteiger partial charge in [0.25, 0.3) is 0 Å². The fourth-order valence-electron chi connectivity index (χ4n) is 1.17. The van der Waals surface area contributed by atoms with E-state index in [1.165, 1.54) is 6.21 Å². The molecular weight excluding hydrogens is 158 g/mol. The van der Waals surface area contributed by atoms with E-state index in [2.05, 4.69) is 15.2 Å². The molecule has 1 aromatic rings. The van der Waals surface area contributed by atoms with Gasteiger partial charge in [0, 0.05) is 11.8 Å². The third-order valence-electron chi connectivity index (χ3n) is 1.84. The van der Waals surface area contributed by atoms with E-state index in [0.29, 0.717) is 12.2 Å². The van der Waals surface area contributed by atoms with E-state index >= 15 is 0 Å². The number of carboxylic acid groups (broad SMARTS) is 1. The predicted octanol–water partition coefficient (Wildman–Crippen LogP) is 0.369. The molecule has 1 unspecified atom stereocenters. The summed E-state index contributed by atoms with van der Waals surface area (Å²) in [5, 5.41) is 15.1. The Morgan fingerprint density at radius 2 is 2.58 bits per heavy atom. The molecule has 0 aromatic carbocycles. The lowest BCUT2D eigenvalue weighted by molar-refractivity contribution is -0.139. The van der Waals surface area contributed by atoms with Gasteiger partial charge in [-0.25, -0.2) is 4.99 Å². The van der Waals surface area contributed by atoms with Gasteiger partial charge in [-0.3, -0.25) is 9.89 Å². The van der Waals surface area contributed by atoms with Crippen molar-refractivity contribution in [3.63, 3.8) is 0 Å². The van der Waals surface area contributed by atoms with Gasteiger partial charge in [0.2, 0.25) is 0 Å². The highest BCUT2D eigenvalue weighted by Crippen LogP contribution is 2.22. The minimum Gasteiger partial charge on any atom is -0.481 e. The number of rotatable bonds is 1. The first kappa shape index (κ1) is 7.02. The van der Waals surface area contributed by atoms with E-state index in [9.17, 15) is 4.79 Å². The molecule has 0 saturated heterocycles. The molecule has 0 amide bonds. The molecule has 2 N–H and O–H groups in total. The summed E-state index contributed by atoms with van der Waals surface area (Å²) >= 11 is 0. The maximum Gasteiger partial charge on any atom is 0.312 e. The molecule has 0 spiro atoms. The van der Waals surface area contributed by atoms with Crippen molar-refractivity contribution in [2.24, 2.45) is 10.9 Å². The zero-order chi connectivity index (χ0) is 8.55. The number of H-pyrrole nitrogens is 1. The lowest BCUT2D eigenvalue weighted by atomic mass is 10.0. The fraction of sp³-hybridized carbons (Fsp3) is 0.286. The normalized spacial score (nSPS) is 20.5. The number of aromatic amines is 1. The van der Waals surface area contributed by atoms with Crippen LogP contribution in [-0.4, -0.2) is 27.5 Å². The number of hydrogen-bond acceptors (Lipinski definition) is 3. The molecule has 0 aliphatic carbocycles. The number of nitrogens with zero attached hydrogens (tertiary/aromatic N) is 2. The van der Waals surface area contributed by atoms with Crippen molar-refractivity contribution in [3.05, 3.63) is 11.8 Å². The van der Waals surface area contributed by atoms with Gasteiger partial charge in [-0.2, -0.15) is 5.10 Å². The van der Waals surface area contributed by atoms with Crippen LogP contribution in [0.2, 0.25) is 0 Å². The highest BCUT2D eigenvalue weighted by atomic mass is 16.4. The van der Waals surface area contributed by atoms with Gasteiger partial charge in [-0.05, 0) is 6.42 Å². The van der Waals surface area contributed by atoms with E-state index in [1.54, 1.807) is 6.20 Å². The van der Waals surface area contributed by atoms with Crippen molar-refractivity contribution in [1.82, 2.24) is 10.2 Å². The van der Waals surface area contributed by atoms with Crippen LogP contribution in [0, 0.1) is 5.92 Å². The second kappa shape index (κ2) is 2.44. The average Bonchev–Trinajstić information content (AvgIpc) is 2.49. The minimum atomic E-state index is -0.842. The van der Waals surface area contributed by atoms with Crippen LogP contribution in [0.4, 0.5) is 5.82 Å². The van der Waals surface area contributed by atoms with Crippen LogP contribution in [0.15, 0.2) is 11.2 Å². The van der Waals surface area contributed by atoms with Gasteiger partial charge in [-0.1, -0.05) is 0 Å². The summed E-state index contributed by atoms with van der Waals surface area (Å²) < 4.78 is 0. The number of carbonyl (C=O) groups is 1. The molecule has 62 valence electrons. The molecule has 5 nitrogen and oxygen atoms in total.